The smallest absolute Gasteiger partial charge is 0.120 e. The first-order chi connectivity index (χ1) is 7.95. The maximum absolute atomic E-state index is 12.2. The van der Waals surface area contributed by atoms with Gasteiger partial charge in [0, 0.05) is 16.8 Å². The van der Waals surface area contributed by atoms with Gasteiger partial charge in [-0.1, -0.05) is 6.08 Å². The molecule has 2 rings (SSSR count). The number of allylic oxidation sites excluding steroid dienone is 1. The van der Waals surface area contributed by atoms with E-state index in [-0.39, 0.29) is 0 Å². The van der Waals surface area contributed by atoms with E-state index in [1.54, 1.807) is 0 Å². The van der Waals surface area contributed by atoms with E-state index in [9.17, 15) is 5.21 Å². The lowest BCUT2D eigenvalue weighted by molar-refractivity contribution is 0.340. The van der Waals surface area contributed by atoms with Gasteiger partial charge in [-0.05, 0) is 51.5 Å². The van der Waals surface area contributed by atoms with Crippen molar-refractivity contribution in [3.05, 3.63) is 35.0 Å². The highest BCUT2D eigenvalue weighted by atomic mass is 16.5. The van der Waals surface area contributed by atoms with E-state index < -0.39 is 5.54 Å². The van der Waals surface area contributed by atoms with Crippen molar-refractivity contribution >= 4 is 11.3 Å². The molecule has 3 heteroatoms. The Bertz CT molecular complexity index is 463. The summed E-state index contributed by atoms with van der Waals surface area (Å²) in [6.07, 6.45) is 2.00. The van der Waals surface area contributed by atoms with Crippen molar-refractivity contribution in [2.45, 2.75) is 33.2 Å². The van der Waals surface area contributed by atoms with Crippen molar-refractivity contribution in [2.75, 3.05) is 11.7 Å². The Morgan fingerprint density at radius 1 is 1.35 bits per heavy atom. The molecule has 1 aliphatic heterocycles. The van der Waals surface area contributed by atoms with Crippen LogP contribution in [0.25, 0.3) is 5.57 Å². The summed E-state index contributed by atoms with van der Waals surface area (Å²) in [5.74, 6) is 0.812. The summed E-state index contributed by atoms with van der Waals surface area (Å²) < 4.78 is 5.46. The standard InChI is InChI=1S/C14H18NO2/c1-5-17-11-6-7-13-12(8-11)10(2)9-14(3,4)15(13)16/h6-9H,5H2,1-4H3/q-1. The molecule has 0 aromatic heterocycles. The number of hydrogen-bond donors (Lipinski definition) is 0. The van der Waals surface area contributed by atoms with Crippen LogP contribution in [-0.4, -0.2) is 12.1 Å². The van der Waals surface area contributed by atoms with E-state index in [0.717, 1.165) is 27.6 Å². The van der Waals surface area contributed by atoms with Crippen molar-refractivity contribution in [1.82, 2.24) is 0 Å². The van der Waals surface area contributed by atoms with E-state index in [1.807, 2.05) is 52.0 Å². The molecule has 1 aromatic carbocycles. The molecule has 0 unspecified atom stereocenters. The molecule has 0 atom stereocenters. The number of hydrogen-bond acceptors (Lipinski definition) is 3. The molecule has 0 amide bonds. The van der Waals surface area contributed by atoms with Gasteiger partial charge in [0.2, 0.25) is 0 Å². The lowest BCUT2D eigenvalue weighted by Gasteiger charge is -2.48. The fourth-order valence-electron chi connectivity index (χ4n) is 2.24. The minimum absolute atomic E-state index is 0.482. The first-order valence-electron chi connectivity index (χ1n) is 5.90. The van der Waals surface area contributed by atoms with Gasteiger partial charge in [0.05, 0.1) is 6.61 Å². The van der Waals surface area contributed by atoms with Gasteiger partial charge in [0.25, 0.3) is 0 Å². The fourth-order valence-corrected chi connectivity index (χ4v) is 2.24. The SMILES string of the molecule is CCOc1ccc2c(c1)C(C)=CC(C)(C)N2[O-]. The molecule has 1 aromatic rings. The molecule has 1 aliphatic rings. The Morgan fingerprint density at radius 2 is 2.06 bits per heavy atom. The zero-order chi connectivity index (χ0) is 12.6. The van der Waals surface area contributed by atoms with Crippen LogP contribution in [0.1, 0.15) is 33.3 Å². The number of fused-ring (bicyclic) bond motifs is 1. The van der Waals surface area contributed by atoms with E-state index in [1.165, 1.54) is 0 Å². The monoisotopic (exact) mass is 232 g/mol. The van der Waals surface area contributed by atoms with Gasteiger partial charge in [-0.25, -0.2) is 0 Å². The Labute approximate surface area is 102 Å². The van der Waals surface area contributed by atoms with E-state index >= 15 is 0 Å². The minimum atomic E-state index is -0.482. The van der Waals surface area contributed by atoms with Crippen LogP contribution in [0.2, 0.25) is 0 Å². The van der Waals surface area contributed by atoms with Gasteiger partial charge >= 0.3 is 0 Å². The summed E-state index contributed by atoms with van der Waals surface area (Å²) in [7, 11) is 0. The van der Waals surface area contributed by atoms with Gasteiger partial charge < -0.3 is 15.0 Å². The van der Waals surface area contributed by atoms with E-state index in [0.29, 0.717) is 6.61 Å². The van der Waals surface area contributed by atoms with Crippen molar-refractivity contribution in [1.29, 1.82) is 0 Å². The van der Waals surface area contributed by atoms with Crippen LogP contribution in [0.5, 0.6) is 5.75 Å². The third-order valence-electron chi connectivity index (χ3n) is 3.02. The highest BCUT2D eigenvalue weighted by Gasteiger charge is 2.25. The van der Waals surface area contributed by atoms with Gasteiger partial charge in [0.1, 0.15) is 5.75 Å². The molecule has 0 spiro atoms. The second kappa shape index (κ2) is 4.08. The predicted molar refractivity (Wildman–Crippen MR) is 71.2 cm³/mol. The first kappa shape index (κ1) is 12.0. The molecule has 0 aliphatic carbocycles. The summed E-state index contributed by atoms with van der Waals surface area (Å²) in [5.41, 5.74) is 2.33. The Hall–Kier alpha value is -1.48. The van der Waals surface area contributed by atoms with Crippen LogP contribution < -0.4 is 9.80 Å². The number of benzene rings is 1. The van der Waals surface area contributed by atoms with Crippen molar-refractivity contribution in [3.8, 4) is 5.75 Å². The zero-order valence-corrected chi connectivity index (χ0v) is 10.8. The summed E-state index contributed by atoms with van der Waals surface area (Å²) in [6, 6.07) is 5.62. The number of anilines is 1. The zero-order valence-electron chi connectivity index (χ0n) is 10.8. The molecule has 92 valence electrons. The number of rotatable bonds is 2. The molecule has 0 bridgehead atoms. The lowest BCUT2D eigenvalue weighted by atomic mass is 9.91. The maximum Gasteiger partial charge on any atom is 0.120 e. The highest BCUT2D eigenvalue weighted by Crippen LogP contribution is 2.39. The highest BCUT2D eigenvalue weighted by molar-refractivity contribution is 5.82. The van der Waals surface area contributed by atoms with Crippen LogP contribution in [0.15, 0.2) is 24.3 Å². The van der Waals surface area contributed by atoms with E-state index in [2.05, 4.69) is 0 Å². The molecule has 17 heavy (non-hydrogen) atoms. The van der Waals surface area contributed by atoms with Crippen molar-refractivity contribution in [3.63, 3.8) is 0 Å². The first-order valence-corrected chi connectivity index (χ1v) is 5.90. The number of ether oxygens (including phenoxy) is 1. The summed E-state index contributed by atoms with van der Waals surface area (Å²) >= 11 is 0. The Kier molecular flexibility index (Phi) is 2.87. The van der Waals surface area contributed by atoms with Gasteiger partial charge in [-0.2, -0.15) is 0 Å². The van der Waals surface area contributed by atoms with Gasteiger partial charge in [-0.15, -0.1) is 0 Å². The molecule has 3 nitrogen and oxygen atoms in total. The van der Waals surface area contributed by atoms with Crippen LogP contribution in [-0.2, 0) is 0 Å². The predicted octanol–water partition coefficient (Wildman–Crippen LogP) is 3.59. The third-order valence-corrected chi connectivity index (χ3v) is 3.02. The fraction of sp³-hybridized carbons (Fsp3) is 0.429. The average Bonchev–Trinajstić information content (AvgIpc) is 2.26. The molecule has 0 fully saturated rings. The van der Waals surface area contributed by atoms with Crippen LogP contribution >= 0.6 is 0 Å². The molecular formula is C14H18NO2-. The second-order valence-electron chi connectivity index (χ2n) is 4.89. The van der Waals surface area contributed by atoms with Gasteiger partial charge in [-0.3, -0.25) is 0 Å². The summed E-state index contributed by atoms with van der Waals surface area (Å²) in [4.78, 5) is 0. The van der Waals surface area contributed by atoms with Crippen LogP contribution in [0.3, 0.4) is 0 Å². The molecule has 0 radical (unpaired) electrons. The van der Waals surface area contributed by atoms with Crippen LogP contribution in [0.4, 0.5) is 5.69 Å². The van der Waals surface area contributed by atoms with Gasteiger partial charge in [0.15, 0.2) is 0 Å². The lowest BCUT2D eigenvalue weighted by Crippen LogP contribution is -2.40. The van der Waals surface area contributed by atoms with E-state index in [4.69, 9.17) is 4.74 Å². The Balaban J connectivity index is 2.50. The number of hydroxylamine groups is 1. The Morgan fingerprint density at radius 3 is 2.71 bits per heavy atom. The van der Waals surface area contributed by atoms with Crippen molar-refractivity contribution in [2.24, 2.45) is 0 Å². The molecule has 0 saturated carbocycles. The molecule has 1 heterocycles. The minimum Gasteiger partial charge on any atom is -0.758 e. The van der Waals surface area contributed by atoms with Crippen molar-refractivity contribution < 1.29 is 4.74 Å². The summed E-state index contributed by atoms with van der Waals surface area (Å²) in [5, 5.41) is 13.2. The second-order valence-corrected chi connectivity index (χ2v) is 4.89. The maximum atomic E-state index is 12.2. The molecular weight excluding hydrogens is 214 g/mol. The summed E-state index contributed by atoms with van der Waals surface area (Å²) in [6.45, 7) is 8.45. The molecule has 0 N–H and O–H groups in total. The average molecular weight is 232 g/mol. The van der Waals surface area contributed by atoms with Crippen LogP contribution in [0, 0.1) is 5.21 Å². The third kappa shape index (κ3) is 2.03. The number of nitrogens with zero attached hydrogens (tertiary/aromatic N) is 1. The normalized spacial score (nSPS) is 17.5. The molecule has 0 saturated heterocycles. The topological polar surface area (TPSA) is 35.5 Å². The largest absolute Gasteiger partial charge is 0.758 e. The quantitative estimate of drug-likeness (QED) is 0.781.